The third-order valence-electron chi connectivity index (χ3n) is 3.79. The van der Waals surface area contributed by atoms with Crippen LogP contribution < -0.4 is 9.47 Å². The molecule has 0 bridgehead atoms. The lowest BCUT2D eigenvalue weighted by atomic mass is 10.2. The van der Waals surface area contributed by atoms with Crippen LogP contribution in [0.15, 0.2) is 36.7 Å². The highest BCUT2D eigenvalue weighted by molar-refractivity contribution is 5.57. The molecule has 0 aliphatic carbocycles. The van der Waals surface area contributed by atoms with Gasteiger partial charge in [0.05, 0.1) is 23.6 Å². The molecule has 2 aromatic rings. The van der Waals surface area contributed by atoms with Crippen LogP contribution in [-0.4, -0.2) is 22.2 Å². The fourth-order valence-electron chi connectivity index (χ4n) is 2.64. The summed E-state index contributed by atoms with van der Waals surface area (Å²) in [6, 6.07) is 7.65. The first-order valence-corrected chi connectivity index (χ1v) is 8.88. The van der Waals surface area contributed by atoms with Gasteiger partial charge in [-0.2, -0.15) is 0 Å². The Morgan fingerprint density at radius 1 is 0.792 bits per heavy atom. The predicted molar refractivity (Wildman–Crippen MR) is 97.5 cm³/mol. The third kappa shape index (κ3) is 5.52. The Kier molecular flexibility index (Phi) is 7.04. The molecule has 0 N–H and O–H groups in total. The van der Waals surface area contributed by atoms with Gasteiger partial charge in [-0.3, -0.25) is 9.97 Å². The highest BCUT2D eigenvalue weighted by Crippen LogP contribution is 2.24. The van der Waals surface area contributed by atoms with E-state index in [9.17, 15) is 0 Å². The maximum atomic E-state index is 5.94. The van der Waals surface area contributed by atoms with Crippen molar-refractivity contribution in [2.75, 3.05) is 0 Å². The number of hydrogen-bond donors (Lipinski definition) is 0. The summed E-state index contributed by atoms with van der Waals surface area (Å²) >= 11 is 0. The van der Waals surface area contributed by atoms with Crippen molar-refractivity contribution in [2.24, 2.45) is 0 Å². The van der Waals surface area contributed by atoms with Gasteiger partial charge in [-0.05, 0) is 38.8 Å². The van der Waals surface area contributed by atoms with E-state index in [1.54, 1.807) is 12.4 Å². The van der Waals surface area contributed by atoms with Crippen molar-refractivity contribution in [3.63, 3.8) is 0 Å². The van der Waals surface area contributed by atoms with Gasteiger partial charge in [0, 0.05) is 24.5 Å². The normalized spacial score (nSPS) is 13.3. The number of rotatable bonds is 9. The summed E-state index contributed by atoms with van der Waals surface area (Å²) in [5, 5.41) is 0. The van der Waals surface area contributed by atoms with Gasteiger partial charge in [0.1, 0.15) is 11.5 Å². The maximum absolute atomic E-state index is 5.94. The van der Waals surface area contributed by atoms with Gasteiger partial charge < -0.3 is 9.47 Å². The van der Waals surface area contributed by atoms with Crippen LogP contribution in [-0.2, 0) is 0 Å². The average molecular weight is 328 g/mol. The molecule has 4 heteroatoms. The molecule has 0 spiro atoms. The topological polar surface area (TPSA) is 44.2 Å². The molecule has 2 aromatic heterocycles. The van der Waals surface area contributed by atoms with Crippen molar-refractivity contribution in [1.82, 2.24) is 9.97 Å². The number of pyridine rings is 2. The first kappa shape index (κ1) is 18.2. The van der Waals surface area contributed by atoms with Crippen molar-refractivity contribution in [1.29, 1.82) is 0 Å². The summed E-state index contributed by atoms with van der Waals surface area (Å²) in [5.41, 5.74) is 1.59. The minimum atomic E-state index is 0.197. The largest absolute Gasteiger partial charge is 0.491 e. The van der Waals surface area contributed by atoms with E-state index in [-0.39, 0.29) is 12.2 Å². The molecule has 130 valence electrons. The maximum Gasteiger partial charge on any atom is 0.123 e. The van der Waals surface area contributed by atoms with Crippen LogP contribution in [0.4, 0.5) is 0 Å². The molecular formula is C20H28N2O2. The lowest BCUT2D eigenvalue weighted by Gasteiger charge is -2.15. The van der Waals surface area contributed by atoms with Crippen molar-refractivity contribution < 1.29 is 9.47 Å². The highest BCUT2D eigenvalue weighted by atomic mass is 16.5. The van der Waals surface area contributed by atoms with Gasteiger partial charge in [-0.25, -0.2) is 0 Å². The van der Waals surface area contributed by atoms with Crippen LogP contribution in [0.25, 0.3) is 11.4 Å². The summed E-state index contributed by atoms with van der Waals surface area (Å²) < 4.78 is 11.9. The van der Waals surface area contributed by atoms with Gasteiger partial charge in [-0.15, -0.1) is 0 Å². The molecule has 0 aliphatic rings. The van der Waals surface area contributed by atoms with Crippen molar-refractivity contribution in [2.45, 2.75) is 65.6 Å². The Bertz CT molecular complexity index is 575. The molecule has 0 fully saturated rings. The molecule has 2 atom stereocenters. The smallest absolute Gasteiger partial charge is 0.123 e. The molecule has 2 unspecified atom stereocenters. The van der Waals surface area contributed by atoms with E-state index in [1.807, 2.05) is 24.3 Å². The SMILES string of the molecule is CCCC(C)Oc1ccnc(-c2cc(OC(C)CCC)ccn2)c1. The van der Waals surface area contributed by atoms with Gasteiger partial charge in [0.25, 0.3) is 0 Å². The van der Waals surface area contributed by atoms with E-state index in [4.69, 9.17) is 9.47 Å². The monoisotopic (exact) mass is 328 g/mol. The molecule has 0 radical (unpaired) electrons. The second kappa shape index (κ2) is 9.26. The predicted octanol–water partition coefficient (Wildman–Crippen LogP) is 5.28. The molecule has 0 amide bonds. The van der Waals surface area contributed by atoms with E-state index >= 15 is 0 Å². The summed E-state index contributed by atoms with van der Waals surface area (Å²) in [6.45, 7) is 8.50. The van der Waals surface area contributed by atoms with E-state index in [2.05, 4.69) is 37.7 Å². The van der Waals surface area contributed by atoms with E-state index in [0.717, 1.165) is 48.6 Å². The van der Waals surface area contributed by atoms with Crippen LogP contribution in [0, 0.1) is 0 Å². The zero-order valence-electron chi connectivity index (χ0n) is 15.2. The quantitative estimate of drug-likeness (QED) is 0.628. The Balaban J connectivity index is 2.13. The summed E-state index contributed by atoms with van der Waals surface area (Å²) in [5.74, 6) is 1.65. The van der Waals surface area contributed by atoms with Gasteiger partial charge >= 0.3 is 0 Å². The molecule has 0 saturated heterocycles. The lowest BCUT2D eigenvalue weighted by Crippen LogP contribution is -2.11. The van der Waals surface area contributed by atoms with Gasteiger partial charge in [-0.1, -0.05) is 26.7 Å². The number of ether oxygens (including phenoxy) is 2. The third-order valence-corrected chi connectivity index (χ3v) is 3.79. The molecule has 24 heavy (non-hydrogen) atoms. The molecule has 2 rings (SSSR count). The second-order valence-corrected chi connectivity index (χ2v) is 6.19. The minimum Gasteiger partial charge on any atom is -0.491 e. The second-order valence-electron chi connectivity index (χ2n) is 6.19. The van der Waals surface area contributed by atoms with Gasteiger partial charge in [0.15, 0.2) is 0 Å². The standard InChI is InChI=1S/C20H28N2O2/c1-5-7-15(3)23-17-9-11-21-19(13-17)20-14-18(10-12-22-20)24-16(4)8-6-2/h9-16H,5-8H2,1-4H3. The fourth-order valence-corrected chi connectivity index (χ4v) is 2.64. The molecule has 0 aliphatic heterocycles. The summed E-state index contributed by atoms with van der Waals surface area (Å²) in [6.07, 6.45) is 8.21. The molecular weight excluding hydrogens is 300 g/mol. The number of aromatic nitrogens is 2. The molecule has 0 aromatic carbocycles. The zero-order valence-corrected chi connectivity index (χ0v) is 15.2. The average Bonchev–Trinajstić information content (AvgIpc) is 2.56. The number of nitrogens with zero attached hydrogens (tertiary/aromatic N) is 2. The highest BCUT2D eigenvalue weighted by Gasteiger charge is 2.09. The van der Waals surface area contributed by atoms with Crippen LogP contribution in [0.2, 0.25) is 0 Å². The Labute approximate surface area is 145 Å². The van der Waals surface area contributed by atoms with Gasteiger partial charge in [0.2, 0.25) is 0 Å². The summed E-state index contributed by atoms with van der Waals surface area (Å²) in [4.78, 5) is 8.84. The lowest BCUT2D eigenvalue weighted by molar-refractivity contribution is 0.209. The van der Waals surface area contributed by atoms with Crippen LogP contribution in [0.1, 0.15) is 53.4 Å². The van der Waals surface area contributed by atoms with E-state index < -0.39 is 0 Å². The van der Waals surface area contributed by atoms with E-state index in [1.165, 1.54) is 0 Å². The van der Waals surface area contributed by atoms with E-state index in [0.29, 0.717) is 0 Å². The minimum absolute atomic E-state index is 0.197. The molecule has 2 heterocycles. The van der Waals surface area contributed by atoms with Crippen molar-refractivity contribution in [3.05, 3.63) is 36.7 Å². The Hall–Kier alpha value is -2.10. The molecule has 0 saturated carbocycles. The fraction of sp³-hybridized carbons (Fsp3) is 0.500. The van der Waals surface area contributed by atoms with Crippen LogP contribution >= 0.6 is 0 Å². The Morgan fingerprint density at radius 3 is 1.58 bits per heavy atom. The van der Waals surface area contributed by atoms with Crippen LogP contribution in [0.3, 0.4) is 0 Å². The number of hydrogen-bond acceptors (Lipinski definition) is 4. The first-order valence-electron chi connectivity index (χ1n) is 8.88. The summed E-state index contributed by atoms with van der Waals surface area (Å²) in [7, 11) is 0. The van der Waals surface area contributed by atoms with Crippen molar-refractivity contribution in [3.8, 4) is 22.9 Å². The van der Waals surface area contributed by atoms with Crippen molar-refractivity contribution >= 4 is 0 Å². The zero-order chi connectivity index (χ0) is 17.4. The Morgan fingerprint density at radius 2 is 1.21 bits per heavy atom. The van der Waals surface area contributed by atoms with Crippen LogP contribution in [0.5, 0.6) is 11.5 Å². The first-order chi connectivity index (χ1) is 11.6. The molecule has 4 nitrogen and oxygen atoms in total.